The number of benzene rings is 4. The molecule has 0 unspecified atom stereocenters. The maximum atomic E-state index is 14.0. The van der Waals surface area contributed by atoms with E-state index in [2.05, 4.69) is 10.6 Å². The Bertz CT molecular complexity index is 1910. The molecule has 0 saturated heterocycles. The summed E-state index contributed by atoms with van der Waals surface area (Å²) in [5.74, 6) is -0.800. The van der Waals surface area contributed by atoms with Crippen LogP contribution in [0.3, 0.4) is 0 Å². The second kappa shape index (κ2) is 9.22. The van der Waals surface area contributed by atoms with Gasteiger partial charge in [-0.15, -0.1) is 0 Å². The van der Waals surface area contributed by atoms with Gasteiger partial charge in [0.15, 0.2) is 11.6 Å². The molecular formula is C32H23N3O4. The number of nitrogens with one attached hydrogen (secondary N) is 2. The normalized spacial score (nSPS) is 11.7. The molecule has 7 nitrogen and oxygen atoms in total. The lowest BCUT2D eigenvalue weighted by molar-refractivity contribution is -0.114. The van der Waals surface area contributed by atoms with Gasteiger partial charge in [-0.05, 0) is 35.9 Å². The first-order chi connectivity index (χ1) is 18.8. The van der Waals surface area contributed by atoms with E-state index in [0.717, 1.165) is 0 Å². The zero-order valence-electron chi connectivity index (χ0n) is 21.2. The first-order valence-corrected chi connectivity index (χ1v) is 12.4. The van der Waals surface area contributed by atoms with Crippen LogP contribution in [0.4, 0.5) is 17.1 Å². The molecule has 4 aromatic carbocycles. The van der Waals surface area contributed by atoms with Crippen molar-refractivity contribution < 1.29 is 14.4 Å². The van der Waals surface area contributed by atoms with E-state index in [1.807, 2.05) is 12.1 Å². The molecule has 0 fully saturated rings. The molecule has 6 rings (SSSR count). The van der Waals surface area contributed by atoms with E-state index in [9.17, 15) is 19.2 Å². The second-order valence-corrected chi connectivity index (χ2v) is 9.45. The number of anilines is 3. The molecule has 7 heteroatoms. The molecule has 0 aliphatic heterocycles. The summed E-state index contributed by atoms with van der Waals surface area (Å²) in [7, 11) is 1.61. The summed E-state index contributed by atoms with van der Waals surface area (Å²) in [6, 6.07) is 26.4. The fourth-order valence-corrected chi connectivity index (χ4v) is 5.25. The van der Waals surface area contributed by atoms with E-state index in [4.69, 9.17) is 0 Å². The van der Waals surface area contributed by atoms with Crippen LogP contribution in [0, 0.1) is 0 Å². The lowest BCUT2D eigenvalue weighted by Gasteiger charge is -2.25. The van der Waals surface area contributed by atoms with Gasteiger partial charge in [0.2, 0.25) is 5.91 Å². The van der Waals surface area contributed by atoms with Gasteiger partial charge in [0.05, 0.1) is 22.3 Å². The molecule has 0 saturated carbocycles. The number of ketones is 2. The van der Waals surface area contributed by atoms with Crippen LogP contribution in [0.1, 0.15) is 38.8 Å². The van der Waals surface area contributed by atoms with Gasteiger partial charge >= 0.3 is 0 Å². The summed E-state index contributed by atoms with van der Waals surface area (Å²) in [6.07, 6.45) is 0. The third-order valence-electron chi connectivity index (χ3n) is 6.96. The second-order valence-electron chi connectivity index (χ2n) is 9.45. The molecule has 1 amide bonds. The number of amides is 1. The van der Waals surface area contributed by atoms with Crippen molar-refractivity contribution in [3.63, 3.8) is 0 Å². The molecule has 1 heterocycles. The molecule has 1 aliphatic rings. The number of pyridine rings is 1. The van der Waals surface area contributed by atoms with Gasteiger partial charge < -0.3 is 15.2 Å². The van der Waals surface area contributed by atoms with E-state index in [1.54, 1.807) is 85.9 Å². The zero-order valence-corrected chi connectivity index (χ0v) is 21.2. The number of carbonyl (C=O) groups excluding carboxylic acids is 3. The van der Waals surface area contributed by atoms with Gasteiger partial charge in [-0.2, -0.15) is 0 Å². The zero-order chi connectivity index (χ0) is 27.3. The smallest absolute Gasteiger partial charge is 0.262 e. The Morgan fingerprint density at radius 3 is 2.18 bits per heavy atom. The minimum Gasteiger partial charge on any atom is -0.355 e. The third kappa shape index (κ3) is 3.92. The number of nitrogens with zero attached hydrogens (tertiary/aromatic N) is 1. The van der Waals surface area contributed by atoms with Gasteiger partial charge in [-0.25, -0.2) is 0 Å². The van der Waals surface area contributed by atoms with Crippen molar-refractivity contribution in [1.29, 1.82) is 0 Å². The average molecular weight is 514 g/mol. The number of aromatic nitrogens is 1. The Morgan fingerprint density at radius 1 is 0.744 bits per heavy atom. The average Bonchev–Trinajstić information content (AvgIpc) is 2.94. The standard InChI is InChI=1S/C32H23N3O4/c1-18(36)33-20-11-8-12-21(17-20)34-24-15-16-25-28-26(22-13-6-7-14-23(22)31(38)27(24)28)29(32(39)35(25)2)30(37)19-9-4-3-5-10-19/h3-17,34H,1-2H3,(H,33,36). The first kappa shape index (κ1) is 24.1. The van der Waals surface area contributed by atoms with Crippen molar-refractivity contribution in [2.45, 2.75) is 6.92 Å². The van der Waals surface area contributed by atoms with Crippen molar-refractivity contribution in [1.82, 2.24) is 4.57 Å². The fraction of sp³-hybridized carbons (Fsp3) is 0.0625. The maximum Gasteiger partial charge on any atom is 0.262 e. The number of hydrogen-bond donors (Lipinski definition) is 2. The number of carbonyl (C=O) groups is 3. The predicted octanol–water partition coefficient (Wildman–Crippen LogP) is 5.68. The molecule has 0 radical (unpaired) electrons. The van der Waals surface area contributed by atoms with E-state index in [-0.39, 0.29) is 17.3 Å². The van der Waals surface area contributed by atoms with E-state index < -0.39 is 11.3 Å². The Morgan fingerprint density at radius 2 is 1.44 bits per heavy atom. The lowest BCUT2D eigenvalue weighted by atomic mass is 9.80. The van der Waals surface area contributed by atoms with Crippen molar-refractivity contribution in [2.75, 3.05) is 10.6 Å². The van der Waals surface area contributed by atoms with Gasteiger partial charge in [-0.3, -0.25) is 19.2 Å². The number of fused-ring (bicyclic) bond motifs is 2. The highest BCUT2D eigenvalue weighted by Crippen LogP contribution is 2.44. The Hall–Kier alpha value is -5.30. The molecule has 190 valence electrons. The third-order valence-corrected chi connectivity index (χ3v) is 6.96. The highest BCUT2D eigenvalue weighted by molar-refractivity contribution is 6.31. The summed E-state index contributed by atoms with van der Waals surface area (Å²) in [6.45, 7) is 1.43. The highest BCUT2D eigenvalue weighted by atomic mass is 16.2. The number of hydrogen-bond acceptors (Lipinski definition) is 5. The van der Waals surface area contributed by atoms with Crippen LogP contribution < -0.4 is 16.2 Å². The minimum atomic E-state index is -0.426. The van der Waals surface area contributed by atoms with Crippen LogP contribution in [0.2, 0.25) is 0 Å². The molecule has 1 aromatic heterocycles. The molecule has 1 aliphatic carbocycles. The molecule has 0 spiro atoms. The summed E-state index contributed by atoms with van der Waals surface area (Å²) >= 11 is 0. The van der Waals surface area contributed by atoms with Crippen molar-refractivity contribution >= 4 is 45.4 Å². The maximum absolute atomic E-state index is 14.0. The monoisotopic (exact) mass is 513 g/mol. The largest absolute Gasteiger partial charge is 0.355 e. The molecule has 0 atom stereocenters. The van der Waals surface area contributed by atoms with Crippen LogP contribution >= 0.6 is 0 Å². The van der Waals surface area contributed by atoms with Gasteiger partial charge in [-0.1, -0.05) is 60.7 Å². The Balaban J connectivity index is 1.65. The van der Waals surface area contributed by atoms with Crippen LogP contribution in [-0.4, -0.2) is 22.0 Å². The number of rotatable bonds is 5. The SMILES string of the molecule is CC(=O)Nc1cccc(Nc2ccc3c4c2C(=O)c2ccccc2-c4c(C(=O)c2ccccc2)c(=O)n3C)c1. The van der Waals surface area contributed by atoms with Crippen molar-refractivity contribution in [3.05, 3.63) is 124 Å². The lowest BCUT2D eigenvalue weighted by Crippen LogP contribution is -2.29. The minimum absolute atomic E-state index is 0.0298. The van der Waals surface area contributed by atoms with E-state index in [0.29, 0.717) is 55.8 Å². The van der Waals surface area contributed by atoms with Crippen LogP contribution in [0.25, 0.3) is 22.0 Å². The van der Waals surface area contributed by atoms with Crippen LogP contribution in [0.15, 0.2) is 95.8 Å². The molecular weight excluding hydrogens is 490 g/mol. The van der Waals surface area contributed by atoms with Gasteiger partial charge in [0.1, 0.15) is 0 Å². The molecule has 2 N–H and O–H groups in total. The summed E-state index contributed by atoms with van der Waals surface area (Å²) in [4.78, 5) is 53.1. The first-order valence-electron chi connectivity index (χ1n) is 12.4. The van der Waals surface area contributed by atoms with Crippen molar-refractivity contribution in [3.8, 4) is 11.1 Å². The van der Waals surface area contributed by atoms with Crippen molar-refractivity contribution in [2.24, 2.45) is 7.05 Å². The highest BCUT2D eigenvalue weighted by Gasteiger charge is 2.33. The topological polar surface area (TPSA) is 97.3 Å². The summed E-state index contributed by atoms with van der Waals surface area (Å²) in [5, 5.41) is 6.63. The molecule has 5 aromatic rings. The van der Waals surface area contributed by atoms with Gasteiger partial charge in [0.25, 0.3) is 5.56 Å². The predicted molar refractivity (Wildman–Crippen MR) is 152 cm³/mol. The Labute approximate surface area is 223 Å². The fourth-order valence-electron chi connectivity index (χ4n) is 5.25. The van der Waals surface area contributed by atoms with Gasteiger partial charge in [0, 0.05) is 47.4 Å². The molecule has 0 bridgehead atoms. The summed E-state index contributed by atoms with van der Waals surface area (Å²) < 4.78 is 1.43. The van der Waals surface area contributed by atoms with Crippen LogP contribution in [-0.2, 0) is 11.8 Å². The number of aryl methyl sites for hydroxylation is 1. The summed E-state index contributed by atoms with van der Waals surface area (Å²) in [5.41, 5.74) is 4.16. The van der Waals surface area contributed by atoms with Crippen LogP contribution in [0.5, 0.6) is 0 Å². The quantitative estimate of drug-likeness (QED) is 0.289. The molecule has 39 heavy (non-hydrogen) atoms. The van der Waals surface area contributed by atoms with E-state index >= 15 is 0 Å². The van der Waals surface area contributed by atoms with E-state index in [1.165, 1.54) is 11.5 Å². The Kier molecular flexibility index (Phi) is 5.69.